The van der Waals surface area contributed by atoms with E-state index in [0.29, 0.717) is 23.7 Å². The van der Waals surface area contributed by atoms with E-state index in [1.807, 2.05) is 27.7 Å². The van der Waals surface area contributed by atoms with E-state index in [9.17, 15) is 9.59 Å². The molecule has 0 aliphatic heterocycles. The normalized spacial score (nSPS) is 22.2. The van der Waals surface area contributed by atoms with Crippen molar-refractivity contribution in [1.29, 1.82) is 0 Å². The second kappa shape index (κ2) is 14.2. The number of ether oxygens (including phenoxy) is 2. The van der Waals surface area contributed by atoms with Crippen molar-refractivity contribution in [3.8, 4) is 0 Å². The Hall–Kier alpha value is -1.06. The highest BCUT2D eigenvalue weighted by molar-refractivity contribution is 5.76. The summed E-state index contributed by atoms with van der Waals surface area (Å²) >= 11 is 0. The lowest BCUT2D eigenvalue weighted by Crippen LogP contribution is -2.41. The number of hydrogen-bond donors (Lipinski definition) is 0. The molecule has 1 aliphatic carbocycles. The van der Waals surface area contributed by atoms with Crippen LogP contribution in [0, 0.1) is 45.8 Å². The Morgan fingerprint density at radius 2 is 1.17 bits per heavy atom. The van der Waals surface area contributed by atoms with Crippen LogP contribution >= 0.6 is 0 Å². The van der Waals surface area contributed by atoms with Crippen LogP contribution in [0.1, 0.15) is 136 Å². The summed E-state index contributed by atoms with van der Waals surface area (Å²) < 4.78 is 11.4. The average molecular weight is 511 g/mol. The Kier molecular flexibility index (Phi) is 13.8. The summed E-state index contributed by atoms with van der Waals surface area (Å²) in [5.41, 5.74) is 0.176. The van der Waals surface area contributed by atoms with Crippen LogP contribution in [-0.2, 0) is 19.1 Å². The van der Waals surface area contributed by atoms with Crippen molar-refractivity contribution in [3.63, 3.8) is 0 Å². The minimum Gasteiger partial charge on any atom is -0.462 e. The number of esters is 2. The van der Waals surface area contributed by atoms with Gasteiger partial charge in [-0.3, -0.25) is 9.59 Å². The fourth-order valence-corrected chi connectivity index (χ4v) is 4.69. The van der Waals surface area contributed by atoms with Gasteiger partial charge in [-0.2, -0.15) is 0 Å². The quantitative estimate of drug-likeness (QED) is 0.305. The molecule has 0 bridgehead atoms. The molecule has 0 aromatic heterocycles. The maximum absolute atomic E-state index is 12.5. The molecule has 0 radical (unpaired) electrons. The zero-order chi connectivity index (χ0) is 28.6. The van der Waals surface area contributed by atoms with E-state index >= 15 is 0 Å². The fourth-order valence-electron chi connectivity index (χ4n) is 4.69. The minimum absolute atomic E-state index is 0.0231. The van der Waals surface area contributed by atoms with Crippen molar-refractivity contribution >= 4 is 11.9 Å². The van der Waals surface area contributed by atoms with Crippen LogP contribution in [0.3, 0.4) is 0 Å². The summed E-state index contributed by atoms with van der Waals surface area (Å²) in [7, 11) is 0. The molecule has 1 fully saturated rings. The third-order valence-corrected chi connectivity index (χ3v) is 8.40. The molecule has 1 saturated carbocycles. The molecule has 3 atom stereocenters. The Bertz CT molecular complexity index is 633. The highest BCUT2D eigenvalue weighted by Gasteiger charge is 2.41. The fraction of sp³-hybridized carbons (Fsp3) is 0.938. The van der Waals surface area contributed by atoms with Gasteiger partial charge >= 0.3 is 11.9 Å². The van der Waals surface area contributed by atoms with Crippen molar-refractivity contribution in [2.75, 3.05) is 0 Å². The van der Waals surface area contributed by atoms with Gasteiger partial charge in [-0.1, -0.05) is 90.0 Å². The first-order valence-electron chi connectivity index (χ1n) is 14.6. The van der Waals surface area contributed by atoms with E-state index in [-0.39, 0.29) is 46.3 Å². The van der Waals surface area contributed by atoms with Gasteiger partial charge in [-0.05, 0) is 80.5 Å². The van der Waals surface area contributed by atoms with Crippen molar-refractivity contribution in [1.82, 2.24) is 0 Å². The molecule has 4 heteroatoms. The molecule has 214 valence electrons. The predicted octanol–water partition coefficient (Wildman–Crippen LogP) is 9.10. The highest BCUT2D eigenvalue weighted by Crippen LogP contribution is 2.47. The summed E-state index contributed by atoms with van der Waals surface area (Å²) in [6.45, 7) is 32.2. The van der Waals surface area contributed by atoms with Crippen molar-refractivity contribution in [2.24, 2.45) is 45.8 Å². The molecule has 0 amide bonds. The smallest absolute Gasteiger partial charge is 0.311 e. The van der Waals surface area contributed by atoms with E-state index in [2.05, 4.69) is 76.2 Å². The lowest BCUT2D eigenvalue weighted by molar-refractivity contribution is -0.165. The first-order valence-corrected chi connectivity index (χ1v) is 14.6. The summed E-state index contributed by atoms with van der Waals surface area (Å²) in [6.07, 6.45) is 5.09. The maximum atomic E-state index is 12.5. The topological polar surface area (TPSA) is 52.6 Å². The summed E-state index contributed by atoms with van der Waals surface area (Å²) in [6, 6.07) is 0. The Balaban J connectivity index is 0.000000757. The zero-order valence-electron chi connectivity index (χ0n) is 26.7. The molecule has 0 saturated heterocycles. The molecule has 36 heavy (non-hydrogen) atoms. The van der Waals surface area contributed by atoms with Gasteiger partial charge in [0.05, 0.1) is 11.3 Å². The predicted molar refractivity (Wildman–Crippen MR) is 153 cm³/mol. The molecular formula is C32H62O4. The van der Waals surface area contributed by atoms with E-state index in [4.69, 9.17) is 9.47 Å². The number of carbonyl (C=O) groups is 2. The zero-order valence-corrected chi connectivity index (χ0v) is 26.7. The molecule has 1 aliphatic rings. The summed E-state index contributed by atoms with van der Waals surface area (Å²) in [5.74, 6) is 1.96. The molecule has 0 aromatic rings. The number of hydrogen-bond acceptors (Lipinski definition) is 4. The van der Waals surface area contributed by atoms with Gasteiger partial charge in [0.15, 0.2) is 0 Å². The van der Waals surface area contributed by atoms with Gasteiger partial charge < -0.3 is 9.47 Å². The van der Waals surface area contributed by atoms with Gasteiger partial charge in [0.1, 0.15) is 12.2 Å². The lowest BCUT2D eigenvalue weighted by atomic mass is 9.62. The van der Waals surface area contributed by atoms with Crippen LogP contribution in [0.2, 0.25) is 0 Å². The second-order valence-corrected chi connectivity index (χ2v) is 14.8. The molecule has 1 rings (SSSR count). The average Bonchev–Trinajstić information content (AvgIpc) is 2.75. The summed E-state index contributed by atoms with van der Waals surface area (Å²) in [5, 5.41) is 0. The van der Waals surface area contributed by atoms with Gasteiger partial charge in [0.25, 0.3) is 0 Å². The minimum atomic E-state index is -0.369. The first kappa shape index (κ1) is 34.9. The molecule has 0 spiro atoms. The molecule has 0 aromatic carbocycles. The van der Waals surface area contributed by atoms with E-state index in [0.717, 1.165) is 25.7 Å². The van der Waals surface area contributed by atoms with Gasteiger partial charge in [0, 0.05) is 0 Å². The van der Waals surface area contributed by atoms with E-state index in [1.54, 1.807) is 0 Å². The SMILES string of the molecule is CCC(C)(C)C(=O)OC1CC(C(C)(C)C)CC(C(C)(C)C)C1.CCC(C)C(=O)OC(C(C)C)C(C)C. The molecule has 0 heterocycles. The third-order valence-electron chi connectivity index (χ3n) is 8.40. The van der Waals surface area contributed by atoms with Crippen molar-refractivity contribution in [2.45, 2.75) is 148 Å². The van der Waals surface area contributed by atoms with Gasteiger partial charge in [-0.15, -0.1) is 0 Å². The molecular weight excluding hydrogens is 448 g/mol. The number of carbonyl (C=O) groups excluding carboxylic acids is 2. The molecule has 3 unspecified atom stereocenters. The lowest BCUT2D eigenvalue weighted by Gasteiger charge is -2.45. The van der Waals surface area contributed by atoms with Crippen molar-refractivity contribution < 1.29 is 19.1 Å². The Morgan fingerprint density at radius 1 is 0.750 bits per heavy atom. The molecule has 0 N–H and O–H groups in total. The first-order chi connectivity index (χ1) is 16.2. The Labute approximate surface area is 225 Å². The second-order valence-electron chi connectivity index (χ2n) is 14.8. The van der Waals surface area contributed by atoms with E-state index in [1.165, 1.54) is 6.42 Å². The van der Waals surface area contributed by atoms with Gasteiger partial charge in [-0.25, -0.2) is 0 Å². The van der Waals surface area contributed by atoms with Gasteiger partial charge in [0.2, 0.25) is 0 Å². The third kappa shape index (κ3) is 11.5. The molecule has 4 nitrogen and oxygen atoms in total. The van der Waals surface area contributed by atoms with Crippen LogP contribution in [0.25, 0.3) is 0 Å². The van der Waals surface area contributed by atoms with Crippen LogP contribution in [0.15, 0.2) is 0 Å². The van der Waals surface area contributed by atoms with Crippen LogP contribution in [0.5, 0.6) is 0 Å². The standard InChI is InChI=1S/C20H38O2.C12H24O2/c1-10-20(8,9)17(21)22-16-12-14(18(2,3)4)11-15(13-16)19(5,6)7;1-7-10(6)12(13)14-11(8(2)3)9(4)5/h14-16H,10-13H2,1-9H3;8-11H,7H2,1-6H3. The largest absolute Gasteiger partial charge is 0.462 e. The van der Waals surface area contributed by atoms with Crippen LogP contribution in [-0.4, -0.2) is 24.1 Å². The summed E-state index contributed by atoms with van der Waals surface area (Å²) in [4.78, 5) is 24.0. The van der Waals surface area contributed by atoms with E-state index < -0.39 is 0 Å². The Morgan fingerprint density at radius 3 is 1.47 bits per heavy atom. The van der Waals surface area contributed by atoms with Crippen molar-refractivity contribution in [3.05, 3.63) is 0 Å². The van der Waals surface area contributed by atoms with Crippen LogP contribution in [0.4, 0.5) is 0 Å². The monoisotopic (exact) mass is 510 g/mol. The highest BCUT2D eigenvalue weighted by atomic mass is 16.5. The van der Waals surface area contributed by atoms with Crippen LogP contribution < -0.4 is 0 Å². The maximum Gasteiger partial charge on any atom is 0.311 e. The number of rotatable bonds is 8.